The molecular weight excluding hydrogens is 277 g/mol. The van der Waals surface area contributed by atoms with Crippen molar-refractivity contribution in [3.8, 4) is 0 Å². The summed E-state index contributed by atoms with van der Waals surface area (Å²) in [6.45, 7) is 0.438. The van der Waals surface area contributed by atoms with E-state index in [1.54, 1.807) is 18.2 Å². The smallest absolute Gasteiger partial charge is 0.398 e. The van der Waals surface area contributed by atoms with Gasteiger partial charge in [-0.1, -0.05) is 6.07 Å². The lowest BCUT2D eigenvalue weighted by Crippen LogP contribution is -2.37. The zero-order valence-electron chi connectivity index (χ0n) is 10.0. The van der Waals surface area contributed by atoms with E-state index in [2.05, 4.69) is 0 Å². The maximum atomic E-state index is 12.1. The lowest BCUT2D eigenvalue weighted by Gasteiger charge is -2.30. The van der Waals surface area contributed by atoms with Crippen LogP contribution in [-0.2, 0) is 11.2 Å². The Hall–Kier alpha value is -1.37. The molecule has 1 aliphatic heterocycles. The van der Waals surface area contributed by atoms with E-state index in [9.17, 15) is 18.0 Å². The summed E-state index contributed by atoms with van der Waals surface area (Å²) in [6, 6.07) is 5.16. The summed E-state index contributed by atoms with van der Waals surface area (Å²) in [5.41, 5.74) is 3.51. The van der Waals surface area contributed by atoms with Crippen LogP contribution in [0.5, 0.6) is 0 Å². The molecule has 1 aromatic carbocycles. The largest absolute Gasteiger partial charge is 0.442 e. The zero-order chi connectivity index (χ0) is 14.0. The molecule has 1 aliphatic rings. The molecule has 0 atom stereocenters. The first-order chi connectivity index (χ1) is 8.88. The highest BCUT2D eigenvalue weighted by Crippen LogP contribution is 2.34. The molecule has 0 fully saturated rings. The van der Waals surface area contributed by atoms with Crippen LogP contribution in [0.15, 0.2) is 18.2 Å². The molecule has 0 saturated heterocycles. The highest BCUT2D eigenvalue weighted by molar-refractivity contribution is 8.00. The zero-order valence-corrected chi connectivity index (χ0v) is 10.9. The molecule has 1 amide bonds. The molecule has 19 heavy (non-hydrogen) atoms. The third kappa shape index (κ3) is 3.34. The summed E-state index contributed by atoms with van der Waals surface area (Å²) in [6.07, 6.45) is 1.46. The minimum absolute atomic E-state index is 0.308. The van der Waals surface area contributed by atoms with Gasteiger partial charge in [-0.15, -0.1) is 0 Å². The van der Waals surface area contributed by atoms with Crippen LogP contribution in [0.4, 0.5) is 24.5 Å². The second-order valence-electron chi connectivity index (χ2n) is 4.23. The van der Waals surface area contributed by atoms with Gasteiger partial charge in [-0.05, 0) is 42.3 Å². The number of rotatable bonds is 2. The summed E-state index contributed by atoms with van der Waals surface area (Å²) in [5, 5.41) is 0. The summed E-state index contributed by atoms with van der Waals surface area (Å²) in [4.78, 5) is 13.3. The van der Waals surface area contributed by atoms with Gasteiger partial charge < -0.3 is 10.6 Å². The summed E-state index contributed by atoms with van der Waals surface area (Å²) < 4.78 is 36.3. The van der Waals surface area contributed by atoms with Gasteiger partial charge in [0, 0.05) is 17.9 Å². The topological polar surface area (TPSA) is 46.3 Å². The molecule has 2 rings (SSSR count). The summed E-state index contributed by atoms with van der Waals surface area (Å²) in [7, 11) is 0. The number of fused-ring (bicyclic) bond motifs is 1. The van der Waals surface area contributed by atoms with Crippen molar-refractivity contribution >= 4 is 29.0 Å². The van der Waals surface area contributed by atoms with Crippen LogP contribution < -0.4 is 10.6 Å². The Morgan fingerprint density at radius 2 is 2.16 bits per heavy atom. The van der Waals surface area contributed by atoms with Gasteiger partial charge in [-0.3, -0.25) is 4.79 Å². The number of alkyl halides is 3. The molecule has 7 heteroatoms. The first-order valence-electron chi connectivity index (χ1n) is 5.77. The Balaban J connectivity index is 2.15. The van der Waals surface area contributed by atoms with E-state index in [1.807, 2.05) is 0 Å². The van der Waals surface area contributed by atoms with E-state index in [1.165, 1.54) is 4.90 Å². The molecule has 1 heterocycles. The Labute approximate surface area is 112 Å². The second kappa shape index (κ2) is 5.32. The molecule has 104 valence electrons. The van der Waals surface area contributed by atoms with Gasteiger partial charge in [0.25, 0.3) is 0 Å². The molecule has 0 unspecified atom stereocenters. The number of hydrogen-bond acceptors (Lipinski definition) is 3. The number of nitrogen functional groups attached to an aromatic ring is 1. The number of anilines is 2. The van der Waals surface area contributed by atoms with E-state index in [0.717, 1.165) is 12.0 Å². The first kappa shape index (κ1) is 14.0. The average molecular weight is 290 g/mol. The number of carbonyl (C=O) groups is 1. The SMILES string of the molecule is Nc1cccc2c1CCCN2C(=O)CSC(F)(F)F. The number of benzene rings is 1. The van der Waals surface area contributed by atoms with Gasteiger partial charge >= 0.3 is 5.51 Å². The Bertz CT molecular complexity index is 490. The fourth-order valence-electron chi connectivity index (χ4n) is 2.13. The second-order valence-corrected chi connectivity index (χ2v) is 5.27. The van der Waals surface area contributed by atoms with Gasteiger partial charge in [0.05, 0.1) is 5.75 Å². The predicted molar refractivity (Wildman–Crippen MR) is 70.0 cm³/mol. The normalized spacial score (nSPS) is 15.2. The van der Waals surface area contributed by atoms with Crippen LogP contribution in [0.3, 0.4) is 0 Å². The van der Waals surface area contributed by atoms with Crippen molar-refractivity contribution in [2.45, 2.75) is 18.3 Å². The number of halogens is 3. The predicted octanol–water partition coefficient (Wildman–Crippen LogP) is 2.80. The van der Waals surface area contributed by atoms with Crippen LogP contribution in [-0.4, -0.2) is 23.7 Å². The van der Waals surface area contributed by atoms with E-state index < -0.39 is 17.2 Å². The quantitative estimate of drug-likeness (QED) is 0.852. The minimum Gasteiger partial charge on any atom is -0.398 e. The maximum Gasteiger partial charge on any atom is 0.442 e. The number of hydrogen-bond donors (Lipinski definition) is 1. The van der Waals surface area contributed by atoms with Gasteiger partial charge in [-0.2, -0.15) is 13.2 Å². The van der Waals surface area contributed by atoms with Gasteiger partial charge in [0.1, 0.15) is 0 Å². The van der Waals surface area contributed by atoms with Crippen molar-refractivity contribution in [2.24, 2.45) is 0 Å². The van der Waals surface area contributed by atoms with Crippen LogP contribution >= 0.6 is 11.8 Å². The fraction of sp³-hybridized carbons (Fsp3) is 0.417. The Morgan fingerprint density at radius 3 is 2.84 bits per heavy atom. The maximum absolute atomic E-state index is 12.1. The number of amides is 1. The standard InChI is InChI=1S/C12H13F3N2OS/c13-12(14,15)19-7-11(18)17-6-2-3-8-9(16)4-1-5-10(8)17/h1,4-5H,2-3,6-7,16H2. The van der Waals surface area contributed by atoms with E-state index in [-0.39, 0.29) is 11.8 Å². The van der Waals surface area contributed by atoms with Crippen LogP contribution in [0.2, 0.25) is 0 Å². The van der Waals surface area contributed by atoms with Crippen LogP contribution in [0.1, 0.15) is 12.0 Å². The molecule has 0 aromatic heterocycles. The molecule has 0 saturated carbocycles. The fourth-order valence-corrected chi connectivity index (χ4v) is 2.58. The Morgan fingerprint density at radius 1 is 1.42 bits per heavy atom. The van der Waals surface area contributed by atoms with Crippen molar-refractivity contribution in [2.75, 3.05) is 22.9 Å². The summed E-state index contributed by atoms with van der Waals surface area (Å²) in [5.74, 6) is -1.13. The third-order valence-corrected chi connectivity index (χ3v) is 3.67. The first-order valence-corrected chi connectivity index (χ1v) is 6.75. The van der Waals surface area contributed by atoms with Crippen molar-refractivity contribution in [3.63, 3.8) is 0 Å². The van der Waals surface area contributed by atoms with Crippen LogP contribution in [0, 0.1) is 0 Å². The molecule has 1 aromatic rings. The Kier molecular flexibility index (Phi) is 3.93. The average Bonchev–Trinajstić information content (AvgIpc) is 2.35. The minimum atomic E-state index is -4.38. The highest BCUT2D eigenvalue weighted by Gasteiger charge is 2.31. The van der Waals surface area contributed by atoms with Gasteiger partial charge in [-0.25, -0.2) is 0 Å². The molecule has 3 nitrogen and oxygen atoms in total. The summed E-state index contributed by atoms with van der Waals surface area (Å²) >= 11 is -0.308. The van der Waals surface area contributed by atoms with Crippen molar-refractivity contribution in [3.05, 3.63) is 23.8 Å². The molecule has 2 N–H and O–H groups in total. The molecular formula is C12H13F3N2OS. The van der Waals surface area contributed by atoms with E-state index in [4.69, 9.17) is 5.73 Å². The number of nitrogens with two attached hydrogens (primary N) is 1. The van der Waals surface area contributed by atoms with Gasteiger partial charge in [0.15, 0.2) is 0 Å². The lowest BCUT2D eigenvalue weighted by atomic mass is 10.00. The number of thioether (sulfide) groups is 1. The van der Waals surface area contributed by atoms with E-state index in [0.29, 0.717) is 24.3 Å². The molecule has 0 radical (unpaired) electrons. The van der Waals surface area contributed by atoms with E-state index >= 15 is 0 Å². The van der Waals surface area contributed by atoms with Crippen molar-refractivity contribution < 1.29 is 18.0 Å². The monoisotopic (exact) mass is 290 g/mol. The lowest BCUT2D eigenvalue weighted by molar-refractivity contribution is -0.116. The van der Waals surface area contributed by atoms with Crippen LogP contribution in [0.25, 0.3) is 0 Å². The molecule has 0 aliphatic carbocycles. The van der Waals surface area contributed by atoms with Gasteiger partial charge in [0.2, 0.25) is 5.91 Å². The highest BCUT2D eigenvalue weighted by atomic mass is 32.2. The molecule has 0 bridgehead atoms. The molecule has 0 spiro atoms. The number of carbonyl (C=O) groups excluding carboxylic acids is 1. The van der Waals surface area contributed by atoms with Crippen molar-refractivity contribution in [1.82, 2.24) is 0 Å². The third-order valence-electron chi connectivity index (χ3n) is 2.95. The van der Waals surface area contributed by atoms with Crippen molar-refractivity contribution in [1.29, 1.82) is 0 Å². The number of nitrogens with zero attached hydrogens (tertiary/aromatic N) is 1.